The summed E-state index contributed by atoms with van der Waals surface area (Å²) >= 11 is 0. The van der Waals surface area contributed by atoms with E-state index >= 15 is 0 Å². The third kappa shape index (κ3) is 2.91. The van der Waals surface area contributed by atoms with Gasteiger partial charge in [-0.15, -0.1) is 0 Å². The molecule has 0 amide bonds. The van der Waals surface area contributed by atoms with E-state index in [0.717, 1.165) is 6.42 Å². The zero-order valence-electron chi connectivity index (χ0n) is 7.83. The molecule has 0 aliphatic rings. The van der Waals surface area contributed by atoms with E-state index < -0.39 is 11.9 Å². The van der Waals surface area contributed by atoms with Crippen LogP contribution in [0, 0.1) is 23.2 Å². The number of nitrogens with zero attached hydrogens (tertiary/aromatic N) is 1. The van der Waals surface area contributed by atoms with Gasteiger partial charge in [0, 0.05) is 0 Å². The van der Waals surface area contributed by atoms with Gasteiger partial charge in [-0.3, -0.25) is 4.79 Å². The van der Waals surface area contributed by atoms with Crippen molar-refractivity contribution in [3.8, 4) is 6.07 Å². The van der Waals surface area contributed by atoms with E-state index in [4.69, 9.17) is 10.00 Å². The lowest BCUT2D eigenvalue weighted by atomic mass is 9.93. The maximum absolute atomic E-state index is 11.1. The average Bonchev–Trinajstić information content (AvgIpc) is 2.06. The molecule has 0 radical (unpaired) electrons. The summed E-state index contributed by atoms with van der Waals surface area (Å²) in [4.78, 5) is 11.1. The number of nitriles is 1. The first-order valence-electron chi connectivity index (χ1n) is 4.23. The van der Waals surface area contributed by atoms with Crippen molar-refractivity contribution in [3.05, 3.63) is 0 Å². The van der Waals surface area contributed by atoms with Crippen LogP contribution in [0.2, 0.25) is 0 Å². The van der Waals surface area contributed by atoms with Crippen LogP contribution in [0.3, 0.4) is 0 Å². The van der Waals surface area contributed by atoms with Crippen molar-refractivity contribution >= 4 is 5.97 Å². The smallest absolute Gasteiger partial charge is 0.323 e. The molecule has 0 unspecified atom stereocenters. The normalized spacial score (nSPS) is 14.5. The van der Waals surface area contributed by atoms with Crippen molar-refractivity contribution in [2.75, 3.05) is 6.61 Å². The number of carbonyl (C=O) groups is 1. The summed E-state index contributed by atoms with van der Waals surface area (Å²) in [5.74, 6) is -0.918. The van der Waals surface area contributed by atoms with Gasteiger partial charge in [0.15, 0.2) is 0 Å². The van der Waals surface area contributed by atoms with Gasteiger partial charge in [0.2, 0.25) is 0 Å². The van der Waals surface area contributed by atoms with Crippen molar-refractivity contribution in [3.63, 3.8) is 0 Å². The van der Waals surface area contributed by atoms with Crippen LogP contribution in [0.25, 0.3) is 0 Å². The minimum atomic E-state index is -0.602. The second-order valence-corrected chi connectivity index (χ2v) is 2.74. The lowest BCUT2D eigenvalue weighted by Crippen LogP contribution is -2.22. The molecule has 12 heavy (non-hydrogen) atoms. The Bertz CT molecular complexity index is 183. The summed E-state index contributed by atoms with van der Waals surface area (Å²) in [7, 11) is 0. The standard InChI is InChI=1S/C9H15NO2/c1-4-7(3)8(6-10)9(11)12-5-2/h7-8H,4-5H2,1-3H3/t7-,8+/m0/s1. The average molecular weight is 169 g/mol. The number of esters is 1. The fourth-order valence-corrected chi connectivity index (χ4v) is 0.880. The first-order chi connectivity index (χ1) is 5.67. The van der Waals surface area contributed by atoms with Gasteiger partial charge in [-0.1, -0.05) is 20.3 Å². The minimum Gasteiger partial charge on any atom is -0.465 e. The maximum Gasteiger partial charge on any atom is 0.323 e. The second-order valence-electron chi connectivity index (χ2n) is 2.74. The predicted octanol–water partition coefficient (Wildman–Crippen LogP) is 1.74. The van der Waals surface area contributed by atoms with Gasteiger partial charge in [-0.25, -0.2) is 0 Å². The highest BCUT2D eigenvalue weighted by atomic mass is 16.5. The lowest BCUT2D eigenvalue weighted by Gasteiger charge is -2.13. The predicted molar refractivity (Wildman–Crippen MR) is 45.2 cm³/mol. The molecular weight excluding hydrogens is 154 g/mol. The highest BCUT2D eigenvalue weighted by molar-refractivity contribution is 5.75. The summed E-state index contributed by atoms with van der Waals surface area (Å²) in [5.41, 5.74) is 0. The summed E-state index contributed by atoms with van der Waals surface area (Å²) in [6, 6.07) is 1.96. The van der Waals surface area contributed by atoms with E-state index in [9.17, 15) is 4.79 Å². The molecule has 0 saturated heterocycles. The molecule has 0 aromatic carbocycles. The fourth-order valence-electron chi connectivity index (χ4n) is 0.880. The topological polar surface area (TPSA) is 50.1 Å². The number of hydrogen-bond donors (Lipinski definition) is 0. The maximum atomic E-state index is 11.1. The van der Waals surface area contributed by atoms with Crippen molar-refractivity contribution in [2.24, 2.45) is 11.8 Å². The highest BCUT2D eigenvalue weighted by Gasteiger charge is 2.24. The molecule has 0 aromatic rings. The van der Waals surface area contributed by atoms with Gasteiger partial charge in [0.1, 0.15) is 5.92 Å². The number of hydrogen-bond acceptors (Lipinski definition) is 3. The quantitative estimate of drug-likeness (QED) is 0.602. The summed E-state index contributed by atoms with van der Waals surface area (Å²) in [6.45, 7) is 5.91. The van der Waals surface area contributed by atoms with E-state index in [0.29, 0.717) is 6.61 Å². The van der Waals surface area contributed by atoms with Gasteiger partial charge in [0.05, 0.1) is 12.7 Å². The SMILES string of the molecule is CCOC(=O)[C@H](C#N)[C@@H](C)CC. The molecule has 2 atom stereocenters. The van der Waals surface area contributed by atoms with Crippen molar-refractivity contribution in [1.82, 2.24) is 0 Å². The van der Waals surface area contributed by atoms with Crippen LogP contribution in [-0.2, 0) is 9.53 Å². The molecule has 0 bridgehead atoms. The van der Waals surface area contributed by atoms with Crippen molar-refractivity contribution in [2.45, 2.75) is 27.2 Å². The first kappa shape index (κ1) is 11.0. The van der Waals surface area contributed by atoms with Crippen molar-refractivity contribution < 1.29 is 9.53 Å². The molecule has 0 aliphatic heterocycles. The second kappa shape index (κ2) is 5.59. The van der Waals surface area contributed by atoms with E-state index in [1.807, 2.05) is 19.9 Å². The van der Waals surface area contributed by atoms with Crippen LogP contribution >= 0.6 is 0 Å². The van der Waals surface area contributed by atoms with Crippen LogP contribution in [0.15, 0.2) is 0 Å². The zero-order valence-corrected chi connectivity index (χ0v) is 7.83. The Balaban J connectivity index is 4.16. The zero-order chi connectivity index (χ0) is 9.56. The molecule has 0 heterocycles. The molecule has 0 aromatic heterocycles. The van der Waals surface area contributed by atoms with Crippen LogP contribution in [0.4, 0.5) is 0 Å². The third-order valence-electron chi connectivity index (χ3n) is 1.89. The van der Waals surface area contributed by atoms with E-state index in [-0.39, 0.29) is 5.92 Å². The largest absolute Gasteiger partial charge is 0.465 e. The molecule has 0 rings (SSSR count). The van der Waals surface area contributed by atoms with Gasteiger partial charge in [-0.05, 0) is 12.8 Å². The Hall–Kier alpha value is -1.04. The Morgan fingerprint density at radius 1 is 1.58 bits per heavy atom. The molecule has 68 valence electrons. The first-order valence-corrected chi connectivity index (χ1v) is 4.23. The Morgan fingerprint density at radius 2 is 2.17 bits per heavy atom. The molecule has 0 fully saturated rings. The Kier molecular flexibility index (Phi) is 5.11. The minimum absolute atomic E-state index is 0.0778. The molecule has 0 N–H and O–H groups in total. The summed E-state index contributed by atoms with van der Waals surface area (Å²) < 4.78 is 4.76. The number of ether oxygens (including phenoxy) is 1. The third-order valence-corrected chi connectivity index (χ3v) is 1.89. The molecule has 0 aliphatic carbocycles. The van der Waals surface area contributed by atoms with E-state index in [1.54, 1.807) is 6.92 Å². The van der Waals surface area contributed by atoms with Gasteiger partial charge in [-0.2, -0.15) is 5.26 Å². The van der Waals surface area contributed by atoms with E-state index in [1.165, 1.54) is 0 Å². The Labute approximate surface area is 73.3 Å². The van der Waals surface area contributed by atoms with Crippen LogP contribution < -0.4 is 0 Å². The molecule has 3 heteroatoms. The molecule has 0 saturated carbocycles. The molecular formula is C9H15NO2. The van der Waals surface area contributed by atoms with Gasteiger partial charge in [0.25, 0.3) is 0 Å². The molecule has 3 nitrogen and oxygen atoms in total. The summed E-state index contributed by atoms with van der Waals surface area (Å²) in [5, 5.41) is 8.67. The Morgan fingerprint density at radius 3 is 2.50 bits per heavy atom. The monoisotopic (exact) mass is 169 g/mol. The van der Waals surface area contributed by atoms with Gasteiger partial charge >= 0.3 is 5.97 Å². The van der Waals surface area contributed by atoms with Crippen LogP contribution in [0.1, 0.15) is 27.2 Å². The van der Waals surface area contributed by atoms with Crippen LogP contribution in [0.5, 0.6) is 0 Å². The number of carbonyl (C=O) groups excluding carboxylic acids is 1. The summed E-state index contributed by atoms with van der Waals surface area (Å²) in [6.07, 6.45) is 0.817. The lowest BCUT2D eigenvalue weighted by molar-refractivity contribution is -0.147. The fraction of sp³-hybridized carbons (Fsp3) is 0.778. The van der Waals surface area contributed by atoms with Gasteiger partial charge < -0.3 is 4.74 Å². The molecule has 0 spiro atoms. The highest BCUT2D eigenvalue weighted by Crippen LogP contribution is 2.15. The van der Waals surface area contributed by atoms with E-state index in [2.05, 4.69) is 0 Å². The van der Waals surface area contributed by atoms with Crippen LogP contribution in [-0.4, -0.2) is 12.6 Å². The number of rotatable bonds is 4. The van der Waals surface area contributed by atoms with Crippen molar-refractivity contribution in [1.29, 1.82) is 5.26 Å².